The number of carbonyl (C=O) groups excluding carboxylic acids is 1. The highest BCUT2D eigenvalue weighted by atomic mass is 35.5. The van der Waals surface area contributed by atoms with Crippen molar-refractivity contribution >= 4 is 52.1 Å². The molecular weight excluding hydrogens is 431 g/mol. The lowest BCUT2D eigenvalue weighted by Gasteiger charge is -2.15. The molecule has 0 unspecified atom stereocenters. The Morgan fingerprint density at radius 1 is 1.17 bits per heavy atom. The van der Waals surface area contributed by atoms with Gasteiger partial charge in [-0.3, -0.25) is 14.7 Å². The van der Waals surface area contributed by atoms with Crippen molar-refractivity contribution in [3.8, 4) is 11.5 Å². The zero-order valence-corrected chi connectivity index (χ0v) is 18.6. The van der Waals surface area contributed by atoms with E-state index in [0.717, 1.165) is 11.1 Å². The normalized spacial score (nSPS) is 16.7. The summed E-state index contributed by atoms with van der Waals surface area (Å²) in [5, 5.41) is 1.66. The number of hydrogen-bond donors (Lipinski definition) is 0. The molecule has 0 N–H and O–H groups in total. The molecule has 1 saturated heterocycles. The molecule has 2 aromatic carbocycles. The summed E-state index contributed by atoms with van der Waals surface area (Å²) in [6.45, 7) is 2.59. The molecule has 1 fully saturated rings. The Morgan fingerprint density at radius 2 is 1.93 bits per heavy atom. The number of halogens is 2. The predicted molar refractivity (Wildman–Crippen MR) is 120 cm³/mol. The molecule has 29 heavy (non-hydrogen) atoms. The van der Waals surface area contributed by atoms with Crippen LogP contribution in [0.1, 0.15) is 18.1 Å². The van der Waals surface area contributed by atoms with E-state index in [1.54, 1.807) is 32.3 Å². The first-order valence-electron chi connectivity index (χ1n) is 8.91. The molecule has 0 saturated carbocycles. The van der Waals surface area contributed by atoms with Gasteiger partial charge >= 0.3 is 0 Å². The van der Waals surface area contributed by atoms with Gasteiger partial charge in [-0.1, -0.05) is 41.4 Å². The summed E-state index contributed by atoms with van der Waals surface area (Å²) in [4.78, 5) is 18.6. The first-order valence-corrected chi connectivity index (χ1v) is 10.5. The van der Waals surface area contributed by atoms with Gasteiger partial charge in [0.05, 0.1) is 16.5 Å². The van der Waals surface area contributed by atoms with Crippen LogP contribution in [0.3, 0.4) is 0 Å². The standard InChI is InChI=1S/C21H20Cl2N2O3S/c1-4-27-17-10-13(11-18-20(26)25(3)21(24-2)29-18)9-16(23)19(17)28-12-14-7-5-6-8-15(14)22/h5-11H,4,12H2,1-3H3/b18-11+,24-21?. The fraction of sp³-hybridized carbons (Fsp3) is 0.238. The lowest BCUT2D eigenvalue weighted by atomic mass is 10.1. The zero-order valence-electron chi connectivity index (χ0n) is 16.2. The molecule has 0 spiro atoms. The van der Waals surface area contributed by atoms with Gasteiger partial charge in [0.15, 0.2) is 16.7 Å². The Hall–Kier alpha value is -2.15. The Balaban J connectivity index is 1.90. The second-order valence-corrected chi connectivity index (χ2v) is 7.95. The zero-order chi connectivity index (χ0) is 21.0. The number of amidine groups is 1. The van der Waals surface area contributed by atoms with Crippen LogP contribution in [0.25, 0.3) is 6.08 Å². The third-order valence-corrected chi connectivity index (χ3v) is 5.96. The topological polar surface area (TPSA) is 51.1 Å². The van der Waals surface area contributed by atoms with Crippen molar-refractivity contribution in [1.82, 2.24) is 4.90 Å². The summed E-state index contributed by atoms with van der Waals surface area (Å²) in [5.74, 6) is 0.838. The van der Waals surface area contributed by atoms with Gasteiger partial charge in [0.25, 0.3) is 5.91 Å². The van der Waals surface area contributed by atoms with E-state index < -0.39 is 0 Å². The monoisotopic (exact) mass is 450 g/mol. The maximum atomic E-state index is 12.4. The van der Waals surface area contributed by atoms with Crippen molar-refractivity contribution in [1.29, 1.82) is 0 Å². The highest BCUT2D eigenvalue weighted by Crippen LogP contribution is 2.39. The number of benzene rings is 2. The van der Waals surface area contributed by atoms with Gasteiger partial charge in [-0.2, -0.15) is 0 Å². The number of amides is 1. The van der Waals surface area contributed by atoms with Gasteiger partial charge in [0, 0.05) is 24.7 Å². The first-order chi connectivity index (χ1) is 13.9. The number of rotatable bonds is 6. The summed E-state index contributed by atoms with van der Waals surface area (Å²) in [5.41, 5.74) is 1.59. The molecule has 3 rings (SSSR count). The largest absolute Gasteiger partial charge is 0.490 e. The fourth-order valence-electron chi connectivity index (χ4n) is 2.74. The third kappa shape index (κ3) is 4.89. The Morgan fingerprint density at radius 3 is 2.59 bits per heavy atom. The number of thioether (sulfide) groups is 1. The number of ether oxygens (including phenoxy) is 2. The SMILES string of the molecule is CCOc1cc(/C=C2/SC(=NC)N(C)C2=O)cc(Cl)c1OCc1ccccc1Cl. The van der Waals surface area contributed by atoms with Gasteiger partial charge in [-0.05, 0) is 48.5 Å². The molecule has 0 aliphatic carbocycles. The minimum Gasteiger partial charge on any atom is -0.490 e. The molecule has 152 valence electrons. The average molecular weight is 451 g/mol. The maximum Gasteiger partial charge on any atom is 0.266 e. The van der Waals surface area contributed by atoms with Crippen molar-refractivity contribution in [3.05, 3.63) is 62.5 Å². The third-order valence-electron chi connectivity index (χ3n) is 4.15. The quantitative estimate of drug-likeness (QED) is 0.544. The molecule has 8 heteroatoms. The van der Waals surface area contributed by atoms with Crippen LogP contribution in [0.15, 0.2) is 46.3 Å². The van der Waals surface area contributed by atoms with Gasteiger partial charge in [0.2, 0.25) is 0 Å². The highest BCUT2D eigenvalue weighted by molar-refractivity contribution is 8.18. The van der Waals surface area contributed by atoms with Crippen LogP contribution < -0.4 is 9.47 Å². The van der Waals surface area contributed by atoms with Crippen LogP contribution in [0.2, 0.25) is 10.0 Å². The molecule has 5 nitrogen and oxygen atoms in total. The Labute approximate surface area is 184 Å². The summed E-state index contributed by atoms with van der Waals surface area (Å²) in [6, 6.07) is 11.0. The summed E-state index contributed by atoms with van der Waals surface area (Å²) in [7, 11) is 3.35. The van der Waals surface area contributed by atoms with Crippen molar-refractivity contribution in [2.45, 2.75) is 13.5 Å². The summed E-state index contributed by atoms with van der Waals surface area (Å²) >= 11 is 14.0. The second kappa shape index (κ2) is 9.57. The molecule has 1 aliphatic rings. The van der Waals surface area contributed by atoms with Crippen LogP contribution in [-0.2, 0) is 11.4 Å². The smallest absolute Gasteiger partial charge is 0.266 e. The van der Waals surface area contributed by atoms with Gasteiger partial charge in [0.1, 0.15) is 6.61 Å². The molecule has 1 amide bonds. The van der Waals surface area contributed by atoms with Gasteiger partial charge in [-0.25, -0.2) is 0 Å². The molecule has 0 aromatic heterocycles. The maximum absolute atomic E-state index is 12.4. The molecule has 2 aromatic rings. The fourth-order valence-corrected chi connectivity index (χ4v) is 4.13. The van der Waals surface area contributed by atoms with E-state index in [4.69, 9.17) is 32.7 Å². The van der Waals surface area contributed by atoms with Crippen LogP contribution >= 0.6 is 35.0 Å². The number of nitrogens with zero attached hydrogens (tertiary/aromatic N) is 2. The van der Waals surface area contributed by atoms with Crippen molar-refractivity contribution in [2.75, 3.05) is 20.7 Å². The second-order valence-electron chi connectivity index (χ2n) is 6.12. The molecule has 1 aliphatic heterocycles. The highest BCUT2D eigenvalue weighted by Gasteiger charge is 2.29. The molecule has 0 bridgehead atoms. The van der Waals surface area contributed by atoms with Gasteiger partial charge < -0.3 is 9.47 Å². The van der Waals surface area contributed by atoms with Crippen LogP contribution in [0, 0.1) is 0 Å². The number of likely N-dealkylation sites (N-methyl/N-ethyl adjacent to an activating group) is 1. The van der Waals surface area contributed by atoms with E-state index in [1.165, 1.54) is 16.7 Å². The number of hydrogen-bond acceptors (Lipinski definition) is 5. The van der Waals surface area contributed by atoms with E-state index >= 15 is 0 Å². The molecule has 0 radical (unpaired) electrons. The van der Waals surface area contributed by atoms with Crippen molar-refractivity contribution in [2.24, 2.45) is 4.99 Å². The van der Waals surface area contributed by atoms with E-state index in [9.17, 15) is 4.79 Å². The van der Waals surface area contributed by atoms with E-state index in [0.29, 0.717) is 38.2 Å². The lowest BCUT2D eigenvalue weighted by Crippen LogP contribution is -2.23. The van der Waals surface area contributed by atoms with Gasteiger partial charge in [-0.15, -0.1) is 0 Å². The summed E-state index contributed by atoms with van der Waals surface area (Å²) in [6.07, 6.45) is 1.77. The molecular formula is C21H20Cl2N2O3S. The van der Waals surface area contributed by atoms with Crippen molar-refractivity contribution < 1.29 is 14.3 Å². The predicted octanol–water partition coefficient (Wildman–Crippen LogP) is 5.50. The Bertz CT molecular complexity index is 992. The van der Waals surface area contributed by atoms with E-state index in [2.05, 4.69) is 4.99 Å². The van der Waals surface area contributed by atoms with Crippen LogP contribution in [-0.4, -0.2) is 36.7 Å². The lowest BCUT2D eigenvalue weighted by molar-refractivity contribution is -0.121. The average Bonchev–Trinajstić information content (AvgIpc) is 2.96. The summed E-state index contributed by atoms with van der Waals surface area (Å²) < 4.78 is 11.7. The molecule has 1 heterocycles. The minimum absolute atomic E-state index is 0.108. The Kier molecular flexibility index (Phi) is 7.11. The van der Waals surface area contributed by atoms with Crippen LogP contribution in [0.5, 0.6) is 11.5 Å². The van der Waals surface area contributed by atoms with E-state index in [1.807, 2.05) is 31.2 Å². The first kappa shape index (κ1) is 21.6. The number of carbonyl (C=O) groups is 1. The molecule has 0 atom stereocenters. The minimum atomic E-state index is -0.108. The number of aliphatic imine (C=N–C) groups is 1. The van der Waals surface area contributed by atoms with E-state index in [-0.39, 0.29) is 12.5 Å². The van der Waals surface area contributed by atoms with Crippen molar-refractivity contribution in [3.63, 3.8) is 0 Å². The van der Waals surface area contributed by atoms with Crippen LogP contribution in [0.4, 0.5) is 0 Å².